The summed E-state index contributed by atoms with van der Waals surface area (Å²) in [6.07, 6.45) is -1.24. The Kier molecular flexibility index (Phi) is 7.64. The fourth-order valence-corrected chi connectivity index (χ4v) is 8.17. The van der Waals surface area contributed by atoms with Crippen LogP contribution in [0.25, 0.3) is 0 Å². The van der Waals surface area contributed by atoms with E-state index in [2.05, 4.69) is 0 Å². The van der Waals surface area contributed by atoms with Crippen molar-refractivity contribution in [1.82, 2.24) is 9.80 Å². The molecule has 1 N–H and O–H groups in total. The first-order chi connectivity index (χ1) is 19.5. The molecule has 0 spiro atoms. The molecular formula is C29H32N2O9S. The highest BCUT2D eigenvalue weighted by molar-refractivity contribution is 7.93. The van der Waals surface area contributed by atoms with Gasteiger partial charge in [-0.2, -0.15) is 0 Å². The van der Waals surface area contributed by atoms with E-state index < -0.39 is 67.8 Å². The van der Waals surface area contributed by atoms with Crippen LogP contribution in [0.3, 0.4) is 0 Å². The number of aliphatic hydroxyl groups excluding tert-OH is 1. The molecule has 3 fully saturated rings. The van der Waals surface area contributed by atoms with Crippen LogP contribution >= 0.6 is 0 Å². The third kappa shape index (κ3) is 4.88. The fourth-order valence-electron chi connectivity index (χ4n) is 5.85. The molecule has 0 bridgehead atoms. The Morgan fingerprint density at radius 1 is 0.951 bits per heavy atom. The van der Waals surface area contributed by atoms with Gasteiger partial charge in [0.25, 0.3) is 5.91 Å². The molecule has 41 heavy (non-hydrogen) atoms. The number of β-lactam (4-membered cyclic amide) rings is 1. The number of esters is 2. The van der Waals surface area contributed by atoms with Crippen molar-refractivity contribution in [3.05, 3.63) is 71.8 Å². The molecule has 0 radical (unpaired) electrons. The largest absolute Gasteiger partial charge is 0.459 e. The third-order valence-corrected chi connectivity index (χ3v) is 11.0. The fraction of sp³-hybridized carbons (Fsp3) is 0.448. The van der Waals surface area contributed by atoms with Crippen molar-refractivity contribution in [2.75, 3.05) is 6.54 Å². The van der Waals surface area contributed by atoms with E-state index >= 15 is 0 Å². The number of sulfone groups is 1. The lowest BCUT2D eigenvalue weighted by Crippen LogP contribution is -2.68. The highest BCUT2D eigenvalue weighted by Crippen LogP contribution is 2.50. The molecule has 0 saturated carbocycles. The predicted molar refractivity (Wildman–Crippen MR) is 144 cm³/mol. The predicted octanol–water partition coefficient (Wildman–Crippen LogP) is 1.19. The number of fused-ring (bicyclic) bond motifs is 1. The van der Waals surface area contributed by atoms with Crippen LogP contribution in [0.4, 0.5) is 0 Å². The van der Waals surface area contributed by atoms with E-state index in [1.807, 2.05) is 6.07 Å². The number of aliphatic hydroxyl groups is 1. The van der Waals surface area contributed by atoms with Gasteiger partial charge in [-0.25, -0.2) is 18.0 Å². The van der Waals surface area contributed by atoms with Crippen LogP contribution < -0.4 is 0 Å². The zero-order chi connectivity index (χ0) is 29.5. The molecule has 218 valence electrons. The Hall–Kier alpha value is -3.77. The standard InChI is InChI=1S/C29H32N2O9S/c1-29(2)23(28(36)40-17-19-12-7-4-8-13-19)31-24(33)21(26(31)41(29,37)38)22(32)25(34)30-15-9-14-20(30)27(35)39-16-18-10-5-3-6-11-18/h3-8,10-13,20-23,26,32H,9,14-17H2,1-2H3/t20?,21-,22+,23+,26-/m1/s1. The van der Waals surface area contributed by atoms with Gasteiger partial charge in [0.2, 0.25) is 5.91 Å². The van der Waals surface area contributed by atoms with Crippen molar-refractivity contribution >= 4 is 33.6 Å². The van der Waals surface area contributed by atoms with Crippen molar-refractivity contribution in [3.63, 3.8) is 0 Å². The lowest BCUT2D eigenvalue weighted by molar-refractivity contribution is -0.176. The number of carbonyl (C=O) groups excluding carboxylic acids is 4. The van der Waals surface area contributed by atoms with Crippen molar-refractivity contribution in [2.45, 2.75) is 68.2 Å². The summed E-state index contributed by atoms with van der Waals surface area (Å²) in [6.45, 7) is 2.69. The van der Waals surface area contributed by atoms with E-state index in [1.165, 1.54) is 13.8 Å². The number of ether oxygens (including phenoxy) is 2. The van der Waals surface area contributed by atoms with Crippen LogP contribution in [-0.2, 0) is 51.7 Å². The quantitative estimate of drug-likeness (QED) is 0.357. The Balaban J connectivity index is 1.29. The summed E-state index contributed by atoms with van der Waals surface area (Å²) in [5.41, 5.74) is 1.45. The molecule has 0 aromatic heterocycles. The Bertz CT molecular complexity index is 1450. The number of rotatable bonds is 8. The van der Waals surface area contributed by atoms with E-state index in [4.69, 9.17) is 9.47 Å². The maximum atomic E-state index is 13.6. The lowest BCUT2D eigenvalue weighted by Gasteiger charge is -2.45. The van der Waals surface area contributed by atoms with E-state index in [9.17, 15) is 32.7 Å². The molecule has 5 rings (SSSR count). The van der Waals surface area contributed by atoms with E-state index in [0.29, 0.717) is 18.4 Å². The zero-order valence-electron chi connectivity index (χ0n) is 22.7. The van der Waals surface area contributed by atoms with Gasteiger partial charge in [-0.3, -0.25) is 9.59 Å². The monoisotopic (exact) mass is 584 g/mol. The van der Waals surface area contributed by atoms with Gasteiger partial charge in [0, 0.05) is 6.54 Å². The zero-order valence-corrected chi connectivity index (χ0v) is 23.5. The van der Waals surface area contributed by atoms with E-state index in [-0.39, 0.29) is 19.8 Å². The molecule has 5 atom stereocenters. The molecule has 2 aromatic rings. The molecule has 11 nitrogen and oxygen atoms in total. The average molecular weight is 585 g/mol. The van der Waals surface area contributed by atoms with Crippen LogP contribution in [0.2, 0.25) is 0 Å². The summed E-state index contributed by atoms with van der Waals surface area (Å²) >= 11 is 0. The van der Waals surface area contributed by atoms with Crippen molar-refractivity contribution in [3.8, 4) is 0 Å². The van der Waals surface area contributed by atoms with Crippen LogP contribution in [-0.4, -0.2) is 81.9 Å². The topological polar surface area (TPSA) is 148 Å². The van der Waals surface area contributed by atoms with E-state index in [0.717, 1.165) is 15.4 Å². The molecular weight excluding hydrogens is 552 g/mol. The van der Waals surface area contributed by atoms with Gasteiger partial charge in [0.1, 0.15) is 42.7 Å². The SMILES string of the molecule is CC1(C)[C@H](C(=O)OCc2ccccc2)N2C(=O)[C@@H]([C@H](O)C(=O)N3CCCC3C(=O)OCc3ccccc3)[C@H]2S1(=O)=O. The number of hydrogen-bond acceptors (Lipinski definition) is 9. The van der Waals surface area contributed by atoms with Crippen LogP contribution in [0, 0.1) is 5.92 Å². The van der Waals surface area contributed by atoms with Gasteiger partial charge < -0.3 is 24.4 Å². The average Bonchev–Trinajstić information content (AvgIpc) is 3.50. The molecule has 0 aliphatic carbocycles. The third-order valence-electron chi connectivity index (χ3n) is 8.18. The Morgan fingerprint density at radius 2 is 1.49 bits per heavy atom. The van der Waals surface area contributed by atoms with Crippen molar-refractivity contribution < 1.29 is 42.2 Å². The minimum Gasteiger partial charge on any atom is -0.459 e. The van der Waals surface area contributed by atoms with Gasteiger partial charge in [-0.05, 0) is 37.8 Å². The van der Waals surface area contributed by atoms with Crippen LogP contribution in [0.15, 0.2) is 60.7 Å². The van der Waals surface area contributed by atoms with Crippen LogP contribution in [0.5, 0.6) is 0 Å². The van der Waals surface area contributed by atoms with Gasteiger partial charge in [0.15, 0.2) is 9.84 Å². The second-order valence-electron chi connectivity index (χ2n) is 11.0. The smallest absolute Gasteiger partial charge is 0.330 e. The van der Waals surface area contributed by atoms with E-state index in [1.54, 1.807) is 54.6 Å². The van der Waals surface area contributed by atoms with Crippen LogP contribution in [0.1, 0.15) is 37.8 Å². The molecule has 12 heteroatoms. The van der Waals surface area contributed by atoms with Crippen molar-refractivity contribution in [2.24, 2.45) is 5.92 Å². The minimum absolute atomic E-state index is 0.00793. The van der Waals surface area contributed by atoms with Gasteiger partial charge in [-0.15, -0.1) is 0 Å². The molecule has 3 aliphatic heterocycles. The highest BCUT2D eigenvalue weighted by Gasteiger charge is 2.74. The molecule has 3 heterocycles. The number of amides is 2. The number of hydrogen-bond donors (Lipinski definition) is 1. The summed E-state index contributed by atoms with van der Waals surface area (Å²) in [4.78, 5) is 54.6. The molecule has 3 aliphatic rings. The second kappa shape index (κ2) is 10.9. The first-order valence-electron chi connectivity index (χ1n) is 13.4. The maximum Gasteiger partial charge on any atom is 0.330 e. The molecule has 2 aromatic carbocycles. The normalized spacial score (nSPS) is 26.6. The number of benzene rings is 2. The summed E-state index contributed by atoms with van der Waals surface area (Å²) < 4.78 is 36.1. The van der Waals surface area contributed by atoms with Gasteiger partial charge in [0.05, 0.1) is 4.75 Å². The maximum absolute atomic E-state index is 13.6. The molecule has 2 amide bonds. The Labute approximate surface area is 237 Å². The minimum atomic E-state index is -4.21. The molecule has 3 saturated heterocycles. The first kappa shape index (κ1) is 28.7. The lowest BCUT2D eigenvalue weighted by atomic mass is 9.87. The number of nitrogens with zero attached hydrogens (tertiary/aromatic N) is 2. The highest BCUT2D eigenvalue weighted by atomic mass is 32.2. The number of likely N-dealkylation sites (tertiary alicyclic amines) is 1. The second-order valence-corrected chi connectivity index (χ2v) is 13.7. The van der Waals surface area contributed by atoms with Gasteiger partial charge in [-0.1, -0.05) is 60.7 Å². The summed E-state index contributed by atoms with van der Waals surface area (Å²) in [6, 6.07) is 15.4. The number of carbonyl (C=O) groups is 4. The summed E-state index contributed by atoms with van der Waals surface area (Å²) in [5.74, 6) is -4.91. The summed E-state index contributed by atoms with van der Waals surface area (Å²) in [7, 11) is -4.21. The Morgan fingerprint density at radius 3 is 2.05 bits per heavy atom. The molecule has 1 unspecified atom stereocenters. The van der Waals surface area contributed by atoms with Crippen molar-refractivity contribution in [1.29, 1.82) is 0 Å². The van der Waals surface area contributed by atoms with Gasteiger partial charge >= 0.3 is 11.9 Å². The summed E-state index contributed by atoms with van der Waals surface area (Å²) in [5, 5.41) is 9.45. The first-order valence-corrected chi connectivity index (χ1v) is 15.0.